The van der Waals surface area contributed by atoms with E-state index < -0.39 is 168 Å². The van der Waals surface area contributed by atoms with E-state index in [2.05, 4.69) is 0 Å². The third kappa shape index (κ3) is 9.90. The number of esters is 2. The van der Waals surface area contributed by atoms with Crippen molar-refractivity contribution < 1.29 is 137 Å². The van der Waals surface area contributed by atoms with Gasteiger partial charge in [0.05, 0.1) is 19.8 Å². The molecule has 2 amide bonds. The first-order valence-electron chi connectivity index (χ1n) is 15.7. The molecule has 18 nitrogen and oxygen atoms in total. The average molecular weight is 966 g/mol. The summed E-state index contributed by atoms with van der Waals surface area (Å²) in [7, 11) is -7.35. The van der Waals surface area contributed by atoms with Gasteiger partial charge in [-0.1, -0.05) is 0 Å². The second kappa shape index (κ2) is 18.8. The summed E-state index contributed by atoms with van der Waals surface area (Å²) in [5.74, 6) is -54.1. The first-order valence-corrected chi connectivity index (χ1v) is 17.1. The maximum Gasteiger partial charge on any atom is 0.460 e. The molecular formula is C25H32F17N5O13S. The summed E-state index contributed by atoms with van der Waals surface area (Å²) < 4.78 is 263. The Morgan fingerprint density at radius 1 is 0.639 bits per heavy atom. The molecule has 11 N–H and O–H groups in total. The number of rotatable bonds is 15. The van der Waals surface area contributed by atoms with Crippen LogP contribution in [-0.4, -0.2) is 197 Å². The van der Waals surface area contributed by atoms with Crippen molar-refractivity contribution in [2.75, 3.05) is 46.0 Å². The average Bonchev–Trinajstić information content (AvgIpc) is 3.15. The van der Waals surface area contributed by atoms with Crippen molar-refractivity contribution in [1.29, 1.82) is 0 Å². The third-order valence-corrected chi connectivity index (χ3v) is 10.2. The standard InChI is InChI=1S/C13H10F17N3O3S.C12H22N2O10/c14-6(15,8(18,19)10(22,23)12(26,27)28)7(16,17)9(20,21)11(24,25)13(29,30)37(35,36)33-3-1-32(2-4-33)5(31)34;13-4(1-15)10(20)23-9-7(18)6(3-17)22-12(8(9)19)24-11(21)5(14)2-16/h1-4H2,(H2,31,34);4-9,12,15-19H,1-3,13-14H2/t;4-,5-,6+,7+,8-,9-,12+/m.0/s1. The van der Waals surface area contributed by atoms with Crippen LogP contribution in [0.15, 0.2) is 0 Å². The number of urea groups is 1. The number of primary amides is 1. The Morgan fingerprint density at radius 2 is 1.02 bits per heavy atom. The molecular weight excluding hydrogens is 933 g/mol. The molecule has 2 saturated heterocycles. The number of nitrogens with two attached hydrogens (primary N) is 3. The first kappa shape index (κ1) is 55.6. The molecule has 0 aromatic heterocycles. The van der Waals surface area contributed by atoms with E-state index in [0.717, 1.165) is 0 Å². The van der Waals surface area contributed by atoms with E-state index in [4.69, 9.17) is 41.6 Å². The number of halogens is 17. The molecule has 2 rings (SSSR count). The lowest BCUT2D eigenvalue weighted by molar-refractivity contribution is -0.458. The normalized spacial score (nSPS) is 24.3. The number of carbonyl (C=O) groups is 3. The summed E-state index contributed by atoms with van der Waals surface area (Å²) in [5, 5.41) is 39.2. The molecule has 2 aliphatic heterocycles. The lowest BCUT2D eigenvalue weighted by Gasteiger charge is -2.43. The van der Waals surface area contributed by atoms with Crippen molar-refractivity contribution in [2.45, 2.75) is 89.8 Å². The minimum absolute atomic E-state index is 0.467. The Kier molecular flexibility index (Phi) is 17.1. The van der Waals surface area contributed by atoms with Crippen molar-refractivity contribution in [3.05, 3.63) is 0 Å². The number of nitrogens with zero attached hydrogens (tertiary/aromatic N) is 2. The first-order chi connectivity index (χ1) is 27.2. The third-order valence-electron chi connectivity index (χ3n) is 8.21. The number of alkyl halides is 17. The quantitative estimate of drug-likeness (QED) is 0.0685. The second-order valence-electron chi connectivity index (χ2n) is 12.3. The monoisotopic (exact) mass is 965 g/mol. The van der Waals surface area contributed by atoms with Crippen LogP contribution in [0, 0.1) is 0 Å². The zero-order valence-corrected chi connectivity index (χ0v) is 30.3. The van der Waals surface area contributed by atoms with Crippen LogP contribution in [-0.2, 0) is 33.8 Å². The second-order valence-corrected chi connectivity index (χ2v) is 14.3. The largest absolute Gasteiger partial charge is 0.460 e. The fourth-order valence-corrected chi connectivity index (χ4v) is 5.91. The maximum absolute atomic E-state index is 14.1. The van der Waals surface area contributed by atoms with E-state index in [-0.39, 0.29) is 0 Å². The van der Waals surface area contributed by atoms with Gasteiger partial charge in [0.2, 0.25) is 6.29 Å². The fourth-order valence-electron chi connectivity index (χ4n) is 4.48. The van der Waals surface area contributed by atoms with Gasteiger partial charge in [0.1, 0.15) is 24.3 Å². The van der Waals surface area contributed by atoms with Gasteiger partial charge in [-0.15, -0.1) is 0 Å². The number of piperazine rings is 1. The minimum Gasteiger partial charge on any atom is -0.455 e. The van der Waals surface area contributed by atoms with Crippen molar-refractivity contribution in [1.82, 2.24) is 9.21 Å². The van der Waals surface area contributed by atoms with Gasteiger partial charge in [0.15, 0.2) is 12.2 Å². The van der Waals surface area contributed by atoms with E-state index in [1.807, 2.05) is 0 Å². The Hall–Kier alpha value is -3.39. The molecule has 0 radical (unpaired) electrons. The molecule has 2 heterocycles. The van der Waals surface area contributed by atoms with Gasteiger partial charge in [-0.2, -0.15) is 78.9 Å². The SMILES string of the molecule is NC(=O)N1CCN(S(=O)(=O)C(F)(F)C(F)(F)C(F)(F)C(F)(F)C(F)(F)C(F)(F)C(F)(F)C(F)(F)F)CC1.N[C@@H](CO)C(=O)O[C@H]1O[C@H](CO)[C@@H](O)[C@H](OC(=O)[C@@H](N)CO)[C@@H]1O. The number of hydrogen-bond acceptors (Lipinski definition) is 15. The van der Waals surface area contributed by atoms with Crippen LogP contribution >= 0.6 is 0 Å². The summed E-state index contributed by atoms with van der Waals surface area (Å²) >= 11 is 0. The summed E-state index contributed by atoms with van der Waals surface area (Å²) in [4.78, 5) is 34.5. The maximum atomic E-state index is 14.1. The van der Waals surface area contributed by atoms with Gasteiger partial charge in [-0.05, 0) is 0 Å². The molecule has 0 saturated carbocycles. The van der Waals surface area contributed by atoms with Gasteiger partial charge in [-0.3, -0.25) is 9.59 Å². The summed E-state index contributed by atoms with van der Waals surface area (Å²) in [6.07, 6.45) is -16.1. The summed E-state index contributed by atoms with van der Waals surface area (Å²) in [6, 6.07) is -4.16. The van der Waals surface area contributed by atoms with Crippen molar-refractivity contribution in [3.8, 4) is 0 Å². The van der Waals surface area contributed by atoms with Gasteiger partial charge in [-0.25, -0.2) is 13.2 Å². The Morgan fingerprint density at radius 3 is 1.38 bits per heavy atom. The fraction of sp³-hybridized carbons (Fsp3) is 0.880. The number of aliphatic hydroxyl groups excluding tert-OH is 5. The molecule has 0 aromatic carbocycles. The van der Waals surface area contributed by atoms with Gasteiger partial charge < -0.3 is 61.8 Å². The van der Waals surface area contributed by atoms with Crippen LogP contribution in [0.25, 0.3) is 0 Å². The topological polar surface area (TPSA) is 299 Å². The highest BCUT2D eigenvalue weighted by Crippen LogP contribution is 2.64. The lowest BCUT2D eigenvalue weighted by atomic mass is 9.91. The highest BCUT2D eigenvalue weighted by Gasteiger charge is 2.96. The molecule has 0 bridgehead atoms. The van der Waals surface area contributed by atoms with Crippen LogP contribution in [0.1, 0.15) is 0 Å². The molecule has 61 heavy (non-hydrogen) atoms. The number of aliphatic hydroxyl groups is 5. The van der Waals surface area contributed by atoms with Crippen LogP contribution < -0.4 is 17.2 Å². The highest BCUT2D eigenvalue weighted by atomic mass is 32.2. The summed E-state index contributed by atoms with van der Waals surface area (Å²) in [6.45, 7) is -7.14. The predicted molar refractivity (Wildman–Crippen MR) is 156 cm³/mol. The number of hydrogen-bond donors (Lipinski definition) is 8. The van der Waals surface area contributed by atoms with E-state index in [1.54, 1.807) is 0 Å². The van der Waals surface area contributed by atoms with E-state index in [9.17, 15) is 113 Å². The van der Waals surface area contributed by atoms with E-state index >= 15 is 0 Å². The highest BCUT2D eigenvalue weighted by molar-refractivity contribution is 7.90. The lowest BCUT2D eigenvalue weighted by Crippen LogP contribution is -2.75. The minimum atomic E-state index is -8.88. The molecule has 0 aliphatic carbocycles. The molecule has 36 heteroatoms. The molecule has 7 atom stereocenters. The van der Waals surface area contributed by atoms with Crippen molar-refractivity contribution in [2.24, 2.45) is 17.2 Å². The van der Waals surface area contributed by atoms with E-state index in [1.165, 1.54) is 0 Å². The number of amides is 2. The molecule has 2 aliphatic rings. The van der Waals surface area contributed by atoms with Gasteiger partial charge in [0, 0.05) is 26.2 Å². The number of carbonyl (C=O) groups excluding carboxylic acids is 3. The molecule has 0 unspecified atom stereocenters. The van der Waals surface area contributed by atoms with Crippen LogP contribution in [0.2, 0.25) is 0 Å². The number of sulfonamides is 1. The van der Waals surface area contributed by atoms with Gasteiger partial charge >= 0.3 is 64.9 Å². The smallest absolute Gasteiger partial charge is 0.455 e. The van der Waals surface area contributed by atoms with Crippen LogP contribution in [0.4, 0.5) is 79.4 Å². The Bertz CT molecular complexity index is 1660. The molecule has 360 valence electrons. The van der Waals surface area contributed by atoms with Crippen molar-refractivity contribution >= 4 is 28.0 Å². The van der Waals surface area contributed by atoms with Crippen molar-refractivity contribution in [3.63, 3.8) is 0 Å². The Balaban J connectivity index is 0.000000668. The molecule has 0 aromatic rings. The molecule has 0 spiro atoms. The summed E-state index contributed by atoms with van der Waals surface area (Å²) in [5.41, 5.74) is 15.3. The molecule has 2 fully saturated rings. The zero-order chi connectivity index (χ0) is 48.5. The predicted octanol–water partition coefficient (Wildman–Crippen LogP) is -1.50. The Labute approximate surface area is 327 Å². The van der Waals surface area contributed by atoms with Crippen LogP contribution in [0.5, 0.6) is 0 Å². The van der Waals surface area contributed by atoms with E-state index in [0.29, 0.717) is 4.90 Å². The number of ether oxygens (including phenoxy) is 3. The van der Waals surface area contributed by atoms with Gasteiger partial charge in [0.25, 0.3) is 10.0 Å². The van der Waals surface area contributed by atoms with Crippen LogP contribution in [0.3, 0.4) is 0 Å². The zero-order valence-electron chi connectivity index (χ0n) is 29.5.